The van der Waals surface area contributed by atoms with E-state index in [1.54, 1.807) is 6.92 Å². The van der Waals surface area contributed by atoms with E-state index < -0.39 is 60.0 Å². The summed E-state index contributed by atoms with van der Waals surface area (Å²) < 4.78 is 53.6. The molecule has 3 heterocycles. The minimum Gasteiger partial charge on any atom is -0.492 e. The molecule has 1 saturated heterocycles. The first kappa shape index (κ1) is 27.2. The minimum atomic E-state index is -5.76. The zero-order chi connectivity index (χ0) is 25.5. The number of hydrogen-bond donors (Lipinski definition) is 7. The second-order valence-corrected chi connectivity index (χ2v) is 11.4. The topological polar surface area (TPSA) is 273 Å². The molecule has 2 aromatic heterocycles. The van der Waals surface area contributed by atoms with Crippen LogP contribution in [0.2, 0.25) is 0 Å². The lowest BCUT2D eigenvalue weighted by Crippen LogP contribution is -2.39. The Morgan fingerprint density at radius 2 is 1.74 bits per heavy atom. The van der Waals surface area contributed by atoms with Crippen molar-refractivity contribution in [3.05, 3.63) is 12.7 Å². The minimum absolute atomic E-state index is 0.0318. The summed E-state index contributed by atoms with van der Waals surface area (Å²) in [4.78, 5) is 47.8. The van der Waals surface area contributed by atoms with E-state index in [1.165, 1.54) is 4.57 Å². The number of fused-ring (bicyclic) bond motifs is 1. The zero-order valence-corrected chi connectivity index (χ0v) is 19.8. The molecule has 0 saturated carbocycles. The van der Waals surface area contributed by atoms with Gasteiger partial charge in [0.1, 0.15) is 24.6 Å². The van der Waals surface area contributed by atoms with Gasteiger partial charge in [0, 0.05) is 0 Å². The summed E-state index contributed by atoms with van der Waals surface area (Å²) in [5.41, 5.74) is -0.000982. The lowest BCUT2D eigenvalue weighted by molar-refractivity contribution is -0.0828. The number of hydrogen-bond acceptors (Lipinski definition) is 13. The van der Waals surface area contributed by atoms with Crippen molar-refractivity contribution in [3.8, 4) is 5.88 Å². The Morgan fingerprint density at radius 3 is 2.35 bits per heavy atom. The largest absolute Gasteiger partial charge is 0.492 e. The number of nitrogens with zero attached hydrogens (tertiary/aromatic N) is 4. The van der Waals surface area contributed by atoms with E-state index in [4.69, 9.17) is 19.0 Å². The molecule has 3 unspecified atom stereocenters. The van der Waals surface area contributed by atoms with Crippen molar-refractivity contribution in [3.63, 3.8) is 0 Å². The van der Waals surface area contributed by atoms with Gasteiger partial charge in [-0.25, -0.2) is 23.7 Å². The molecule has 0 aromatic carbocycles. The molecule has 34 heavy (non-hydrogen) atoms. The third kappa shape index (κ3) is 6.25. The van der Waals surface area contributed by atoms with Gasteiger partial charge in [0.2, 0.25) is 5.88 Å². The molecule has 1 aliphatic heterocycles. The fourth-order valence-electron chi connectivity index (χ4n) is 3.28. The predicted octanol–water partition coefficient (Wildman–Crippen LogP) is -0.337. The molecular weight excluding hydrogens is 529 g/mol. The van der Waals surface area contributed by atoms with Crippen LogP contribution in [0.1, 0.15) is 26.0 Å². The van der Waals surface area contributed by atoms with Gasteiger partial charge < -0.3 is 39.6 Å². The van der Waals surface area contributed by atoms with Crippen LogP contribution in [0, 0.1) is 0 Å². The third-order valence-electron chi connectivity index (χ3n) is 4.51. The number of phosphoric ester groups is 1. The highest BCUT2D eigenvalue weighted by atomic mass is 31.3. The maximum Gasteiger partial charge on any atom is 0.490 e. The van der Waals surface area contributed by atoms with Gasteiger partial charge in [-0.05, 0) is 6.42 Å². The summed E-state index contributed by atoms with van der Waals surface area (Å²) in [6.07, 6.45) is -5.44. The Morgan fingerprint density at radius 1 is 1.06 bits per heavy atom. The number of aromatic hydroxyl groups is 1. The second kappa shape index (κ2) is 9.95. The van der Waals surface area contributed by atoms with E-state index in [1.807, 2.05) is 0 Å². The molecule has 21 heteroatoms. The molecular formula is C13H21N4O14P3. The molecule has 192 valence electrons. The van der Waals surface area contributed by atoms with Crippen molar-refractivity contribution in [1.29, 1.82) is 0 Å². The lowest BCUT2D eigenvalue weighted by Gasteiger charge is -2.27. The Hall–Kier alpha value is -1.36. The molecule has 1 fully saturated rings. The summed E-state index contributed by atoms with van der Waals surface area (Å²) >= 11 is 0. The van der Waals surface area contributed by atoms with Crippen LogP contribution in [0.5, 0.6) is 5.88 Å². The Bertz CT molecular complexity index is 1170. The number of ether oxygens (including phenoxy) is 1. The van der Waals surface area contributed by atoms with Crippen molar-refractivity contribution < 1.29 is 66.5 Å². The fraction of sp³-hybridized carbons (Fsp3) is 0.615. The molecule has 0 spiro atoms. The number of aliphatic hydroxyl groups is 2. The number of aliphatic hydroxyl groups excluding tert-OH is 2. The molecule has 18 nitrogen and oxygen atoms in total. The Labute approximate surface area is 190 Å². The molecule has 0 bridgehead atoms. The van der Waals surface area contributed by atoms with E-state index in [9.17, 15) is 38.8 Å². The van der Waals surface area contributed by atoms with Crippen molar-refractivity contribution in [2.75, 3.05) is 0 Å². The first-order valence-electron chi connectivity index (χ1n) is 9.34. The number of imidazole rings is 1. The summed E-state index contributed by atoms with van der Waals surface area (Å²) in [7, 11) is -16.9. The number of phosphoric acid groups is 3. The van der Waals surface area contributed by atoms with Crippen molar-refractivity contribution in [2.24, 2.45) is 0 Å². The first-order valence-corrected chi connectivity index (χ1v) is 13.9. The number of aromatic nitrogens is 4. The van der Waals surface area contributed by atoms with E-state index in [-0.39, 0.29) is 24.0 Å². The van der Waals surface area contributed by atoms with Crippen molar-refractivity contribution >= 4 is 34.6 Å². The summed E-state index contributed by atoms with van der Waals surface area (Å²) in [6.45, 7) is 1.62. The first-order chi connectivity index (χ1) is 15.6. The normalized spacial score (nSPS) is 28.0. The van der Waals surface area contributed by atoms with Crippen LogP contribution >= 0.6 is 23.5 Å². The monoisotopic (exact) mass is 550 g/mol. The van der Waals surface area contributed by atoms with Crippen LogP contribution in [-0.4, -0.2) is 78.8 Å². The highest BCUT2D eigenvalue weighted by molar-refractivity contribution is 7.66. The van der Waals surface area contributed by atoms with Crippen LogP contribution in [0.15, 0.2) is 12.7 Å². The van der Waals surface area contributed by atoms with Gasteiger partial charge in [0.25, 0.3) is 0 Å². The third-order valence-corrected chi connectivity index (χ3v) is 8.38. The average molecular weight is 550 g/mol. The molecule has 7 N–H and O–H groups in total. The molecule has 1 aliphatic rings. The van der Waals surface area contributed by atoms with Crippen LogP contribution in [0.25, 0.3) is 11.2 Å². The van der Waals surface area contributed by atoms with Crippen LogP contribution in [0.3, 0.4) is 0 Å². The molecule has 2 aromatic rings. The molecule has 0 aliphatic carbocycles. The summed E-state index contributed by atoms with van der Waals surface area (Å²) in [5, 5.41) is 30.8. The Balaban J connectivity index is 1.82. The van der Waals surface area contributed by atoms with Crippen LogP contribution in [-0.2, 0) is 31.6 Å². The van der Waals surface area contributed by atoms with E-state index >= 15 is 0 Å². The number of rotatable bonds is 10. The fourth-order valence-corrected chi connectivity index (χ4v) is 6.51. The molecule has 0 amide bonds. The zero-order valence-electron chi connectivity index (χ0n) is 17.1. The van der Waals surface area contributed by atoms with Crippen molar-refractivity contribution in [2.45, 2.75) is 50.4 Å². The lowest BCUT2D eigenvalue weighted by atomic mass is 10.0. The smallest absolute Gasteiger partial charge is 0.490 e. The predicted molar refractivity (Wildman–Crippen MR) is 107 cm³/mol. The molecule has 0 radical (unpaired) electrons. The van der Waals surface area contributed by atoms with Gasteiger partial charge in [0.15, 0.2) is 17.4 Å². The van der Waals surface area contributed by atoms with E-state index in [2.05, 4.69) is 23.6 Å². The van der Waals surface area contributed by atoms with Crippen LogP contribution in [0.4, 0.5) is 0 Å². The maximum absolute atomic E-state index is 12.3. The van der Waals surface area contributed by atoms with Gasteiger partial charge in [0.05, 0.1) is 12.4 Å². The average Bonchev–Trinajstić information content (AvgIpc) is 3.21. The van der Waals surface area contributed by atoms with E-state index in [0.29, 0.717) is 0 Å². The molecule has 3 rings (SSSR count). The quantitative estimate of drug-likeness (QED) is 0.186. The van der Waals surface area contributed by atoms with Gasteiger partial charge in [-0.1, -0.05) is 13.3 Å². The standard InChI is InChI=1S/C13H21N4O14P3/c1-2-3-6(29-33(24,25)31-34(26,27)30-32(21,22)23)10-8(18)9(19)13(28-10)17-5-16-7-11(17)14-4-15-12(7)20/h4-6,8-10,13,18-19H,2-3H2,1H3,(H,24,25)(H,26,27)(H,14,15,20)(H2,21,22,23)/t6?,8-,9+,10+,13+/m0/s1. The van der Waals surface area contributed by atoms with Gasteiger partial charge in [-0.2, -0.15) is 13.6 Å². The SMILES string of the molecule is CCCC(OP(=O)(O)OP(=O)(O)OP(=O)(O)O)[C@H]1O[C@@H](n2cnc3c(O)ncnc32)[C@H](O)[C@@H]1O. The molecule has 7 atom stereocenters. The highest BCUT2D eigenvalue weighted by Gasteiger charge is 2.50. The van der Waals surface area contributed by atoms with Crippen molar-refractivity contribution in [1.82, 2.24) is 19.5 Å². The second-order valence-electron chi connectivity index (χ2n) is 7.02. The van der Waals surface area contributed by atoms with E-state index in [0.717, 1.165) is 12.7 Å². The van der Waals surface area contributed by atoms with Gasteiger partial charge in [-0.15, -0.1) is 0 Å². The van der Waals surface area contributed by atoms with Gasteiger partial charge in [-0.3, -0.25) is 9.09 Å². The summed E-state index contributed by atoms with van der Waals surface area (Å²) in [6, 6.07) is 0. The highest BCUT2D eigenvalue weighted by Crippen LogP contribution is 2.66. The van der Waals surface area contributed by atoms with Crippen LogP contribution < -0.4 is 0 Å². The maximum atomic E-state index is 12.3. The summed E-state index contributed by atoms with van der Waals surface area (Å²) in [5.74, 6) is -0.454. The Kier molecular flexibility index (Phi) is 7.97. The van der Waals surface area contributed by atoms with Gasteiger partial charge >= 0.3 is 23.5 Å².